The quantitative estimate of drug-likeness (QED) is 0.384. The van der Waals surface area contributed by atoms with Crippen LogP contribution in [0.5, 0.6) is 0 Å². The SMILES string of the molecule is NC(=O)CCC(NC(=O)c1nc(N)n[nH]1)C(=O)O. The average Bonchev–Trinajstić information content (AvgIpc) is 2.70. The van der Waals surface area contributed by atoms with Gasteiger partial charge in [-0.15, -0.1) is 5.10 Å². The number of nitrogens with two attached hydrogens (primary N) is 2. The second kappa shape index (κ2) is 5.61. The summed E-state index contributed by atoms with van der Waals surface area (Å²) in [4.78, 5) is 36.5. The molecule has 18 heavy (non-hydrogen) atoms. The number of primary amides is 1. The van der Waals surface area contributed by atoms with Gasteiger partial charge in [-0.1, -0.05) is 0 Å². The highest BCUT2D eigenvalue weighted by Crippen LogP contribution is 2.00. The fourth-order valence-corrected chi connectivity index (χ4v) is 1.15. The number of amides is 2. The Kier molecular flexibility index (Phi) is 4.18. The van der Waals surface area contributed by atoms with Crippen molar-refractivity contribution in [1.29, 1.82) is 0 Å². The van der Waals surface area contributed by atoms with Crippen LogP contribution in [0.25, 0.3) is 0 Å². The maximum absolute atomic E-state index is 11.5. The molecule has 0 fully saturated rings. The number of carboxylic acids is 1. The molecule has 0 spiro atoms. The highest BCUT2D eigenvalue weighted by atomic mass is 16.4. The van der Waals surface area contributed by atoms with Gasteiger partial charge in [0, 0.05) is 6.42 Å². The molecule has 10 heteroatoms. The Bertz CT molecular complexity index is 470. The lowest BCUT2D eigenvalue weighted by Crippen LogP contribution is -2.41. The molecule has 0 aliphatic rings. The van der Waals surface area contributed by atoms with Crippen molar-refractivity contribution in [2.45, 2.75) is 18.9 Å². The lowest BCUT2D eigenvalue weighted by molar-refractivity contribution is -0.139. The number of aromatic nitrogens is 3. The van der Waals surface area contributed by atoms with Crippen LogP contribution in [0.2, 0.25) is 0 Å². The van der Waals surface area contributed by atoms with Crippen LogP contribution in [0.3, 0.4) is 0 Å². The first-order valence-electron chi connectivity index (χ1n) is 4.90. The number of rotatable bonds is 6. The fourth-order valence-electron chi connectivity index (χ4n) is 1.15. The van der Waals surface area contributed by atoms with E-state index in [-0.39, 0.29) is 24.6 Å². The van der Waals surface area contributed by atoms with E-state index in [4.69, 9.17) is 16.6 Å². The molecule has 7 N–H and O–H groups in total. The third kappa shape index (κ3) is 3.73. The summed E-state index contributed by atoms with van der Waals surface area (Å²) in [6.45, 7) is 0. The monoisotopic (exact) mass is 256 g/mol. The molecular weight excluding hydrogens is 244 g/mol. The first-order chi connectivity index (χ1) is 8.40. The molecule has 10 nitrogen and oxygen atoms in total. The number of carboxylic acid groups (broad SMARTS) is 1. The molecule has 1 heterocycles. The lowest BCUT2D eigenvalue weighted by Gasteiger charge is -2.12. The summed E-state index contributed by atoms with van der Waals surface area (Å²) in [7, 11) is 0. The number of carbonyl (C=O) groups is 3. The van der Waals surface area contributed by atoms with E-state index >= 15 is 0 Å². The van der Waals surface area contributed by atoms with Gasteiger partial charge < -0.3 is 21.9 Å². The van der Waals surface area contributed by atoms with E-state index in [2.05, 4.69) is 20.5 Å². The van der Waals surface area contributed by atoms with Gasteiger partial charge in [-0.3, -0.25) is 14.7 Å². The number of hydrogen-bond donors (Lipinski definition) is 5. The van der Waals surface area contributed by atoms with Crippen LogP contribution in [0.1, 0.15) is 23.5 Å². The summed E-state index contributed by atoms with van der Waals surface area (Å²) >= 11 is 0. The molecule has 0 saturated carbocycles. The molecule has 1 atom stereocenters. The summed E-state index contributed by atoms with van der Waals surface area (Å²) in [6.07, 6.45) is -0.268. The van der Waals surface area contributed by atoms with Crippen LogP contribution in [-0.4, -0.2) is 44.1 Å². The van der Waals surface area contributed by atoms with Gasteiger partial charge in [0.2, 0.25) is 17.7 Å². The van der Waals surface area contributed by atoms with Crippen LogP contribution < -0.4 is 16.8 Å². The largest absolute Gasteiger partial charge is 0.480 e. The zero-order valence-electron chi connectivity index (χ0n) is 9.21. The molecule has 0 aliphatic heterocycles. The highest BCUT2D eigenvalue weighted by Gasteiger charge is 2.22. The second-order valence-corrected chi connectivity index (χ2v) is 3.41. The van der Waals surface area contributed by atoms with Gasteiger partial charge in [-0.05, 0) is 6.42 Å². The zero-order chi connectivity index (χ0) is 13.7. The maximum Gasteiger partial charge on any atom is 0.326 e. The van der Waals surface area contributed by atoms with Gasteiger partial charge in [0.25, 0.3) is 5.91 Å². The molecule has 1 unspecified atom stereocenters. The van der Waals surface area contributed by atoms with Gasteiger partial charge in [0.05, 0.1) is 0 Å². The summed E-state index contributed by atoms with van der Waals surface area (Å²) < 4.78 is 0. The number of carbonyl (C=O) groups excluding carboxylic acids is 2. The predicted molar refractivity (Wildman–Crippen MR) is 58.1 cm³/mol. The second-order valence-electron chi connectivity index (χ2n) is 3.41. The van der Waals surface area contributed by atoms with Crippen molar-refractivity contribution in [3.8, 4) is 0 Å². The summed E-state index contributed by atoms with van der Waals surface area (Å²) in [6, 6.07) is -1.24. The number of nitrogens with one attached hydrogen (secondary N) is 2. The number of aromatic amines is 1. The van der Waals surface area contributed by atoms with E-state index in [0.29, 0.717) is 0 Å². The Labute approximate surface area is 101 Å². The Morgan fingerprint density at radius 2 is 2.11 bits per heavy atom. The van der Waals surface area contributed by atoms with E-state index in [1.54, 1.807) is 0 Å². The van der Waals surface area contributed by atoms with Crippen molar-refractivity contribution in [3.05, 3.63) is 5.82 Å². The van der Waals surface area contributed by atoms with Crippen molar-refractivity contribution in [1.82, 2.24) is 20.5 Å². The van der Waals surface area contributed by atoms with Crippen molar-refractivity contribution < 1.29 is 19.5 Å². The Hall–Kier alpha value is -2.65. The molecule has 1 aromatic heterocycles. The third-order valence-corrected chi connectivity index (χ3v) is 2.00. The number of nitrogen functional groups attached to an aromatic ring is 1. The summed E-state index contributed by atoms with van der Waals surface area (Å²) in [5.41, 5.74) is 10.1. The van der Waals surface area contributed by atoms with E-state index in [1.807, 2.05) is 0 Å². The van der Waals surface area contributed by atoms with E-state index < -0.39 is 23.8 Å². The molecule has 0 bridgehead atoms. The van der Waals surface area contributed by atoms with Gasteiger partial charge in [-0.2, -0.15) is 4.98 Å². The average molecular weight is 256 g/mol. The number of H-pyrrole nitrogens is 1. The first-order valence-corrected chi connectivity index (χ1v) is 4.90. The smallest absolute Gasteiger partial charge is 0.326 e. The number of aliphatic carboxylic acids is 1. The van der Waals surface area contributed by atoms with Crippen LogP contribution in [-0.2, 0) is 9.59 Å². The normalized spacial score (nSPS) is 11.8. The van der Waals surface area contributed by atoms with Crippen LogP contribution in [0.15, 0.2) is 0 Å². The number of hydrogen-bond acceptors (Lipinski definition) is 6. The van der Waals surface area contributed by atoms with Crippen molar-refractivity contribution in [2.75, 3.05) is 5.73 Å². The third-order valence-electron chi connectivity index (χ3n) is 2.00. The molecule has 0 aliphatic carbocycles. The molecule has 1 aromatic rings. The molecular formula is C8H12N6O4. The molecule has 0 saturated heterocycles. The van der Waals surface area contributed by atoms with Gasteiger partial charge in [0.15, 0.2) is 0 Å². The summed E-state index contributed by atoms with van der Waals surface area (Å²) in [5.74, 6) is -3.06. The first kappa shape index (κ1) is 13.4. The lowest BCUT2D eigenvalue weighted by atomic mass is 10.1. The molecule has 2 amide bonds. The zero-order valence-corrected chi connectivity index (χ0v) is 9.21. The maximum atomic E-state index is 11.5. The van der Waals surface area contributed by atoms with Crippen LogP contribution in [0.4, 0.5) is 5.95 Å². The minimum atomic E-state index is -1.28. The van der Waals surface area contributed by atoms with Crippen molar-refractivity contribution in [3.63, 3.8) is 0 Å². The highest BCUT2D eigenvalue weighted by molar-refractivity contribution is 5.93. The minimum Gasteiger partial charge on any atom is -0.480 e. The van der Waals surface area contributed by atoms with Gasteiger partial charge in [-0.25, -0.2) is 4.79 Å². The predicted octanol–water partition coefficient (Wildman–Crippen LogP) is -2.16. The van der Waals surface area contributed by atoms with Crippen molar-refractivity contribution >= 4 is 23.7 Å². The van der Waals surface area contributed by atoms with E-state index in [0.717, 1.165) is 0 Å². The van der Waals surface area contributed by atoms with Gasteiger partial charge in [0.1, 0.15) is 6.04 Å². The van der Waals surface area contributed by atoms with E-state index in [9.17, 15) is 14.4 Å². The van der Waals surface area contributed by atoms with Crippen LogP contribution >= 0.6 is 0 Å². The molecule has 1 rings (SSSR count). The molecule has 0 radical (unpaired) electrons. The Balaban J connectivity index is 2.63. The Morgan fingerprint density at radius 3 is 2.56 bits per heavy atom. The molecule has 0 aromatic carbocycles. The standard InChI is InChI=1S/C8H12N6O4/c9-4(15)2-1-3(7(17)18)11-6(16)5-12-8(10)14-13-5/h3H,1-2H2,(H2,9,15)(H,11,16)(H,17,18)(H3,10,12,13,14). The van der Waals surface area contributed by atoms with Gasteiger partial charge >= 0.3 is 5.97 Å². The summed E-state index contributed by atoms with van der Waals surface area (Å²) in [5, 5.41) is 16.7. The topological polar surface area (TPSA) is 177 Å². The minimum absolute atomic E-state index is 0.111. The molecule has 98 valence electrons. The fraction of sp³-hybridized carbons (Fsp3) is 0.375. The number of anilines is 1. The van der Waals surface area contributed by atoms with Crippen LogP contribution in [0, 0.1) is 0 Å². The van der Waals surface area contributed by atoms with E-state index in [1.165, 1.54) is 0 Å². The van der Waals surface area contributed by atoms with Crippen molar-refractivity contribution in [2.24, 2.45) is 5.73 Å². The number of nitrogens with zero attached hydrogens (tertiary/aromatic N) is 2. The Morgan fingerprint density at radius 1 is 1.44 bits per heavy atom.